The van der Waals surface area contributed by atoms with Gasteiger partial charge < -0.3 is 26.4 Å². The minimum Gasteiger partial charge on any atom is -0.404 e. The molecule has 0 bridgehead atoms. The van der Waals surface area contributed by atoms with Crippen LogP contribution >= 0.6 is 0 Å². The van der Waals surface area contributed by atoms with E-state index in [-0.39, 0.29) is 25.0 Å². The topological polar surface area (TPSA) is 132 Å². The predicted molar refractivity (Wildman–Crippen MR) is 132 cm³/mol. The van der Waals surface area contributed by atoms with Gasteiger partial charge in [0.2, 0.25) is 5.91 Å². The van der Waals surface area contributed by atoms with Gasteiger partial charge in [0.15, 0.2) is 0 Å². The third kappa shape index (κ3) is 4.66. The fraction of sp³-hybridized carbons (Fsp3) is 0.500. The maximum Gasteiger partial charge on any atom is 0.225 e. The maximum absolute atomic E-state index is 12.6. The van der Waals surface area contributed by atoms with Crippen molar-refractivity contribution in [3.8, 4) is 6.07 Å². The van der Waals surface area contributed by atoms with Gasteiger partial charge in [-0.05, 0) is 56.2 Å². The van der Waals surface area contributed by atoms with Gasteiger partial charge in [0.1, 0.15) is 11.9 Å². The Labute approximate surface area is 201 Å². The molecule has 4 rings (SSSR count). The molecule has 5 N–H and O–H groups in total. The van der Waals surface area contributed by atoms with E-state index in [1.807, 2.05) is 11.8 Å². The number of nitrogens with two attached hydrogens (primary N) is 2. The summed E-state index contributed by atoms with van der Waals surface area (Å²) in [4.78, 5) is 21.8. The molecular formula is C26H34N6O2. The number of rotatable bonds is 8. The van der Waals surface area contributed by atoms with Crippen molar-refractivity contribution in [2.24, 2.45) is 17.4 Å². The van der Waals surface area contributed by atoms with Crippen molar-refractivity contribution in [2.75, 3.05) is 31.1 Å². The minimum atomic E-state index is -0.135. The van der Waals surface area contributed by atoms with E-state index in [1.54, 1.807) is 12.2 Å². The van der Waals surface area contributed by atoms with E-state index < -0.39 is 0 Å². The number of amides is 1. The Bertz CT molecular complexity index is 1080. The molecule has 1 unspecified atom stereocenters. The maximum atomic E-state index is 12.6. The Morgan fingerprint density at radius 1 is 1.32 bits per heavy atom. The molecule has 0 aromatic carbocycles. The van der Waals surface area contributed by atoms with Gasteiger partial charge in [-0.1, -0.05) is 6.58 Å². The lowest BCUT2D eigenvalue weighted by Crippen LogP contribution is -2.56. The van der Waals surface area contributed by atoms with Crippen molar-refractivity contribution in [1.29, 1.82) is 5.26 Å². The van der Waals surface area contributed by atoms with Crippen molar-refractivity contribution < 1.29 is 9.90 Å². The molecule has 0 radical (unpaired) electrons. The number of pyridine rings is 1. The Balaban J connectivity index is 1.74. The molecule has 2 saturated carbocycles. The minimum absolute atomic E-state index is 0.00188. The zero-order valence-electron chi connectivity index (χ0n) is 19.8. The summed E-state index contributed by atoms with van der Waals surface area (Å²) in [6, 6.07) is 2.47. The van der Waals surface area contributed by atoms with Gasteiger partial charge in [0.25, 0.3) is 0 Å². The highest BCUT2D eigenvalue weighted by Crippen LogP contribution is 2.46. The number of aliphatic hydroxyl groups is 1. The number of aromatic nitrogens is 1. The van der Waals surface area contributed by atoms with Crippen LogP contribution in [0.4, 0.5) is 5.82 Å². The number of carbonyl (C=O) groups excluding carboxylic acids is 1. The van der Waals surface area contributed by atoms with Gasteiger partial charge in [0.05, 0.1) is 23.9 Å². The second-order valence-electron chi connectivity index (χ2n) is 9.46. The quantitative estimate of drug-likeness (QED) is 0.505. The molecule has 1 aliphatic heterocycles. The van der Waals surface area contributed by atoms with Crippen LogP contribution < -0.4 is 16.4 Å². The third-order valence-electron chi connectivity index (χ3n) is 7.09. The molecule has 1 aromatic heterocycles. The SMILES string of the molecule is C=C/C(N)=C/C(=C\N)c1c(C2CC2)nc(N2CCN(C(=O)CCO)C(C3CC3)C2)c(C#N)c1C. The summed E-state index contributed by atoms with van der Waals surface area (Å²) in [5, 5.41) is 19.4. The first-order valence-electron chi connectivity index (χ1n) is 12.0. The highest BCUT2D eigenvalue weighted by Gasteiger charge is 2.42. The molecule has 180 valence electrons. The molecule has 3 aliphatic rings. The molecule has 1 aromatic rings. The van der Waals surface area contributed by atoms with Crippen LogP contribution in [0.1, 0.15) is 60.4 Å². The standard InChI is InChI=1S/C26H34N6O2/c1-3-20(29)12-19(13-27)24-16(2)21(14-28)26(30-25(24)18-6-7-18)31-9-10-32(23(34)8-11-33)22(15-31)17-4-5-17/h3,12-13,17-18,22,33H,1,4-11,15,27,29H2,2H3/b19-13+,20-12-. The summed E-state index contributed by atoms with van der Waals surface area (Å²) in [5.74, 6) is 1.50. The highest BCUT2D eigenvalue weighted by molar-refractivity contribution is 5.82. The molecule has 1 atom stereocenters. The number of carbonyl (C=O) groups is 1. The van der Waals surface area contributed by atoms with Gasteiger partial charge in [-0.15, -0.1) is 0 Å². The van der Waals surface area contributed by atoms with E-state index in [2.05, 4.69) is 17.5 Å². The number of nitrogens with zero attached hydrogens (tertiary/aromatic N) is 4. The molecule has 2 heterocycles. The monoisotopic (exact) mass is 462 g/mol. The zero-order chi connectivity index (χ0) is 24.4. The number of nitriles is 1. The van der Waals surface area contributed by atoms with Gasteiger partial charge >= 0.3 is 0 Å². The summed E-state index contributed by atoms with van der Waals surface area (Å²) in [6.07, 6.45) is 9.33. The Morgan fingerprint density at radius 3 is 2.62 bits per heavy atom. The van der Waals surface area contributed by atoms with E-state index in [1.165, 1.54) is 6.20 Å². The second-order valence-corrected chi connectivity index (χ2v) is 9.46. The van der Waals surface area contributed by atoms with Gasteiger partial charge in [-0.2, -0.15) is 5.26 Å². The normalized spacial score (nSPS) is 21.4. The van der Waals surface area contributed by atoms with Crippen molar-refractivity contribution in [1.82, 2.24) is 9.88 Å². The highest BCUT2D eigenvalue weighted by atomic mass is 16.3. The summed E-state index contributed by atoms with van der Waals surface area (Å²) in [6.45, 7) is 7.36. The largest absolute Gasteiger partial charge is 0.404 e. The fourth-order valence-electron chi connectivity index (χ4n) is 4.97. The van der Waals surface area contributed by atoms with Crippen LogP contribution in [0.25, 0.3) is 5.57 Å². The van der Waals surface area contributed by atoms with E-state index in [9.17, 15) is 15.2 Å². The summed E-state index contributed by atoms with van der Waals surface area (Å²) < 4.78 is 0. The lowest BCUT2D eigenvalue weighted by molar-refractivity contribution is -0.135. The van der Waals surface area contributed by atoms with Crippen LogP contribution in [0.5, 0.6) is 0 Å². The molecule has 1 amide bonds. The third-order valence-corrected chi connectivity index (χ3v) is 7.09. The Hall–Kier alpha value is -3.31. The molecule has 0 spiro atoms. The van der Waals surface area contributed by atoms with Gasteiger partial charge in [-0.25, -0.2) is 4.98 Å². The first kappa shape index (κ1) is 23.8. The Kier molecular flexibility index (Phi) is 6.94. The lowest BCUT2D eigenvalue weighted by atomic mass is 9.92. The first-order valence-corrected chi connectivity index (χ1v) is 12.0. The Morgan fingerprint density at radius 2 is 2.06 bits per heavy atom. The number of allylic oxidation sites excluding steroid dienone is 3. The lowest BCUT2D eigenvalue weighted by Gasteiger charge is -2.43. The van der Waals surface area contributed by atoms with Crippen LogP contribution in [0.3, 0.4) is 0 Å². The van der Waals surface area contributed by atoms with Crippen molar-refractivity contribution in [3.05, 3.63) is 53.0 Å². The number of hydrogen-bond donors (Lipinski definition) is 3. The zero-order valence-corrected chi connectivity index (χ0v) is 19.8. The van der Waals surface area contributed by atoms with Crippen LogP contribution in [0.15, 0.2) is 30.6 Å². The fourth-order valence-corrected chi connectivity index (χ4v) is 4.97. The molecule has 2 aliphatic carbocycles. The van der Waals surface area contributed by atoms with E-state index >= 15 is 0 Å². The number of hydrogen-bond acceptors (Lipinski definition) is 7. The van der Waals surface area contributed by atoms with Crippen LogP contribution in [0.2, 0.25) is 0 Å². The number of aliphatic hydroxyl groups excluding tert-OH is 1. The average molecular weight is 463 g/mol. The molecule has 1 saturated heterocycles. The van der Waals surface area contributed by atoms with Crippen molar-refractivity contribution in [3.63, 3.8) is 0 Å². The molecular weight excluding hydrogens is 428 g/mol. The average Bonchev–Trinajstić information content (AvgIpc) is 3.75. The summed E-state index contributed by atoms with van der Waals surface area (Å²) >= 11 is 0. The number of piperazine rings is 1. The number of anilines is 1. The molecule has 8 nitrogen and oxygen atoms in total. The van der Waals surface area contributed by atoms with Crippen molar-refractivity contribution >= 4 is 17.3 Å². The molecule has 3 fully saturated rings. The first-order chi connectivity index (χ1) is 16.4. The predicted octanol–water partition coefficient (Wildman–Crippen LogP) is 2.28. The van der Waals surface area contributed by atoms with Crippen molar-refractivity contribution in [2.45, 2.75) is 51.0 Å². The second kappa shape index (κ2) is 9.90. The van der Waals surface area contributed by atoms with Crippen LogP contribution in [-0.2, 0) is 4.79 Å². The van der Waals surface area contributed by atoms with E-state index in [4.69, 9.17) is 16.5 Å². The molecule has 8 heteroatoms. The smallest absolute Gasteiger partial charge is 0.225 e. The van der Waals surface area contributed by atoms with Gasteiger partial charge in [0, 0.05) is 55.0 Å². The van der Waals surface area contributed by atoms with Crippen LogP contribution in [-0.4, -0.2) is 53.2 Å². The summed E-state index contributed by atoms with van der Waals surface area (Å²) in [7, 11) is 0. The van der Waals surface area contributed by atoms with E-state index in [0.717, 1.165) is 48.1 Å². The van der Waals surface area contributed by atoms with Crippen LogP contribution in [0, 0.1) is 24.2 Å². The molecule has 34 heavy (non-hydrogen) atoms. The summed E-state index contributed by atoms with van der Waals surface area (Å²) in [5.41, 5.74) is 16.5. The van der Waals surface area contributed by atoms with Gasteiger partial charge in [-0.3, -0.25) is 4.79 Å². The van der Waals surface area contributed by atoms with E-state index in [0.29, 0.717) is 48.5 Å².